The summed E-state index contributed by atoms with van der Waals surface area (Å²) in [4.78, 5) is 16.2. The highest BCUT2D eigenvalue weighted by atomic mass is 19.1. The second kappa shape index (κ2) is 7.09. The minimum Gasteiger partial charge on any atom is -0.336 e. The molecular formula is C17H20F2N4O. The Bertz CT molecular complexity index is 697. The Kier molecular flexibility index (Phi) is 4.89. The zero-order valence-electron chi connectivity index (χ0n) is 13.5. The van der Waals surface area contributed by atoms with Crippen LogP contribution in [-0.4, -0.2) is 52.1 Å². The van der Waals surface area contributed by atoms with Crippen LogP contribution in [0.15, 0.2) is 30.6 Å². The van der Waals surface area contributed by atoms with Gasteiger partial charge in [-0.1, -0.05) is 13.0 Å². The molecular weight excluding hydrogens is 314 g/mol. The van der Waals surface area contributed by atoms with Gasteiger partial charge in [0.05, 0.1) is 11.8 Å². The van der Waals surface area contributed by atoms with Crippen molar-refractivity contribution in [2.45, 2.75) is 19.4 Å². The van der Waals surface area contributed by atoms with E-state index in [2.05, 4.69) is 15.1 Å². The number of aromatic nitrogens is 2. The van der Waals surface area contributed by atoms with Gasteiger partial charge < -0.3 is 4.90 Å². The van der Waals surface area contributed by atoms with Crippen LogP contribution < -0.4 is 0 Å². The van der Waals surface area contributed by atoms with Crippen LogP contribution >= 0.6 is 0 Å². The molecule has 24 heavy (non-hydrogen) atoms. The molecule has 1 aliphatic rings. The first-order chi connectivity index (χ1) is 11.6. The van der Waals surface area contributed by atoms with Crippen LogP contribution in [0, 0.1) is 11.6 Å². The van der Waals surface area contributed by atoms with Crippen molar-refractivity contribution in [3.63, 3.8) is 0 Å². The van der Waals surface area contributed by atoms with E-state index in [1.54, 1.807) is 11.1 Å². The smallest absolute Gasteiger partial charge is 0.257 e. The molecule has 5 nitrogen and oxygen atoms in total. The van der Waals surface area contributed by atoms with Crippen LogP contribution in [0.4, 0.5) is 8.78 Å². The average molecular weight is 334 g/mol. The van der Waals surface area contributed by atoms with Gasteiger partial charge in [-0.2, -0.15) is 5.10 Å². The molecule has 1 aromatic carbocycles. The molecule has 3 rings (SSSR count). The molecule has 0 spiro atoms. The van der Waals surface area contributed by atoms with Crippen LogP contribution in [-0.2, 0) is 0 Å². The molecule has 1 N–H and O–H groups in total. The Morgan fingerprint density at radius 3 is 2.62 bits per heavy atom. The number of hydrogen-bond donors (Lipinski definition) is 1. The van der Waals surface area contributed by atoms with Gasteiger partial charge in [0.25, 0.3) is 5.91 Å². The van der Waals surface area contributed by atoms with Crippen LogP contribution in [0.1, 0.15) is 35.3 Å². The number of amides is 1. The quantitative estimate of drug-likeness (QED) is 0.935. The maximum absolute atomic E-state index is 14.1. The fraction of sp³-hybridized carbons (Fsp3) is 0.412. The van der Waals surface area contributed by atoms with Crippen molar-refractivity contribution in [1.29, 1.82) is 0 Å². The van der Waals surface area contributed by atoms with Crippen molar-refractivity contribution in [2.24, 2.45) is 0 Å². The van der Waals surface area contributed by atoms with Crippen LogP contribution in [0.3, 0.4) is 0 Å². The summed E-state index contributed by atoms with van der Waals surface area (Å²) in [6.07, 6.45) is 3.81. The Balaban J connectivity index is 1.67. The van der Waals surface area contributed by atoms with Crippen molar-refractivity contribution in [3.8, 4) is 0 Å². The van der Waals surface area contributed by atoms with E-state index in [4.69, 9.17) is 0 Å². The predicted octanol–water partition coefficient (Wildman–Crippen LogP) is 2.60. The van der Waals surface area contributed by atoms with E-state index >= 15 is 0 Å². The summed E-state index contributed by atoms with van der Waals surface area (Å²) in [5.41, 5.74) is 1.05. The summed E-state index contributed by atoms with van der Waals surface area (Å²) in [5.74, 6) is -1.13. The molecule has 1 fully saturated rings. The van der Waals surface area contributed by atoms with Crippen molar-refractivity contribution in [1.82, 2.24) is 20.0 Å². The number of nitrogens with one attached hydrogen (secondary N) is 1. The second-order valence-electron chi connectivity index (χ2n) is 5.91. The Morgan fingerprint density at radius 2 is 2.04 bits per heavy atom. The molecule has 1 saturated heterocycles. The number of benzene rings is 1. The fourth-order valence-corrected chi connectivity index (χ4v) is 3.23. The third-order valence-corrected chi connectivity index (χ3v) is 4.50. The number of carbonyl (C=O) groups excluding carboxylic acids is 1. The first-order valence-corrected chi connectivity index (χ1v) is 8.07. The van der Waals surface area contributed by atoms with Gasteiger partial charge in [0.2, 0.25) is 0 Å². The highest BCUT2D eigenvalue weighted by molar-refractivity contribution is 5.93. The lowest BCUT2D eigenvalue weighted by atomic mass is 10.0. The standard InChI is InChI=1S/C17H20F2N4O/c1-2-16(14-4-3-13(18)9-15(14)19)22-5-7-23(8-6-22)17(24)12-10-20-21-11-12/h3-4,9-11,16H,2,5-8H2,1H3,(H,20,21)/t16-/m1/s1. The number of hydrogen-bond acceptors (Lipinski definition) is 3. The van der Waals surface area contributed by atoms with E-state index in [0.717, 1.165) is 12.5 Å². The molecule has 1 aromatic heterocycles. The van der Waals surface area contributed by atoms with Crippen molar-refractivity contribution < 1.29 is 13.6 Å². The van der Waals surface area contributed by atoms with Gasteiger partial charge in [0.15, 0.2) is 0 Å². The Morgan fingerprint density at radius 1 is 1.29 bits per heavy atom. The van der Waals surface area contributed by atoms with E-state index in [1.165, 1.54) is 18.3 Å². The first kappa shape index (κ1) is 16.6. The zero-order chi connectivity index (χ0) is 17.1. The maximum Gasteiger partial charge on any atom is 0.257 e. The summed E-state index contributed by atoms with van der Waals surface area (Å²) in [6, 6.07) is 3.62. The Labute approximate surface area is 139 Å². The predicted molar refractivity (Wildman–Crippen MR) is 85.5 cm³/mol. The van der Waals surface area contributed by atoms with Gasteiger partial charge in [-0.05, 0) is 12.5 Å². The van der Waals surface area contributed by atoms with E-state index in [-0.39, 0.29) is 11.9 Å². The molecule has 1 aliphatic heterocycles. The first-order valence-electron chi connectivity index (χ1n) is 8.07. The molecule has 0 saturated carbocycles. The van der Waals surface area contributed by atoms with Crippen LogP contribution in [0.2, 0.25) is 0 Å². The van der Waals surface area contributed by atoms with E-state index in [9.17, 15) is 13.6 Å². The van der Waals surface area contributed by atoms with Gasteiger partial charge in [0.1, 0.15) is 11.6 Å². The molecule has 1 amide bonds. The van der Waals surface area contributed by atoms with Gasteiger partial charge in [-0.15, -0.1) is 0 Å². The molecule has 0 radical (unpaired) electrons. The highest BCUT2D eigenvalue weighted by Gasteiger charge is 2.28. The van der Waals surface area contributed by atoms with Crippen molar-refractivity contribution in [2.75, 3.05) is 26.2 Å². The summed E-state index contributed by atoms with van der Waals surface area (Å²) in [5, 5.41) is 6.43. The van der Waals surface area contributed by atoms with E-state index < -0.39 is 11.6 Å². The van der Waals surface area contributed by atoms with Crippen LogP contribution in [0.5, 0.6) is 0 Å². The van der Waals surface area contributed by atoms with Gasteiger partial charge >= 0.3 is 0 Å². The molecule has 7 heteroatoms. The third-order valence-electron chi connectivity index (χ3n) is 4.50. The van der Waals surface area contributed by atoms with Gasteiger partial charge in [0, 0.05) is 50.0 Å². The van der Waals surface area contributed by atoms with E-state index in [1.807, 2.05) is 6.92 Å². The average Bonchev–Trinajstić information content (AvgIpc) is 3.12. The minimum atomic E-state index is -0.568. The number of halogens is 2. The number of H-pyrrole nitrogens is 1. The minimum absolute atomic E-state index is 0.0515. The SMILES string of the molecule is CC[C@H](c1ccc(F)cc1F)N1CCN(C(=O)c2cn[nH]c2)CC1. The van der Waals surface area contributed by atoms with Gasteiger partial charge in [-0.3, -0.25) is 14.8 Å². The van der Waals surface area contributed by atoms with Gasteiger partial charge in [-0.25, -0.2) is 8.78 Å². The number of nitrogens with zero attached hydrogens (tertiary/aromatic N) is 3. The van der Waals surface area contributed by atoms with Crippen molar-refractivity contribution >= 4 is 5.91 Å². The molecule has 0 bridgehead atoms. The molecule has 0 aliphatic carbocycles. The molecule has 128 valence electrons. The number of carbonyl (C=O) groups is 1. The molecule has 0 unspecified atom stereocenters. The lowest BCUT2D eigenvalue weighted by Gasteiger charge is -2.39. The number of rotatable bonds is 4. The summed E-state index contributed by atoms with van der Waals surface area (Å²) in [7, 11) is 0. The topological polar surface area (TPSA) is 52.2 Å². The third kappa shape index (κ3) is 3.31. The number of piperazine rings is 1. The lowest BCUT2D eigenvalue weighted by Crippen LogP contribution is -2.49. The normalized spacial score (nSPS) is 17.0. The van der Waals surface area contributed by atoms with E-state index in [0.29, 0.717) is 37.3 Å². The summed E-state index contributed by atoms with van der Waals surface area (Å²) < 4.78 is 27.2. The summed E-state index contributed by atoms with van der Waals surface area (Å²) in [6.45, 7) is 4.43. The Hall–Kier alpha value is -2.28. The zero-order valence-corrected chi connectivity index (χ0v) is 13.5. The van der Waals surface area contributed by atoms with Crippen LogP contribution in [0.25, 0.3) is 0 Å². The van der Waals surface area contributed by atoms with Crippen molar-refractivity contribution in [3.05, 3.63) is 53.4 Å². The maximum atomic E-state index is 14.1. The molecule has 2 aromatic rings. The molecule has 1 atom stereocenters. The molecule has 2 heterocycles. The largest absolute Gasteiger partial charge is 0.336 e. The second-order valence-corrected chi connectivity index (χ2v) is 5.91. The number of aromatic amines is 1. The summed E-state index contributed by atoms with van der Waals surface area (Å²) >= 11 is 0. The fourth-order valence-electron chi connectivity index (χ4n) is 3.23. The monoisotopic (exact) mass is 334 g/mol. The lowest BCUT2D eigenvalue weighted by molar-refractivity contribution is 0.0559. The highest BCUT2D eigenvalue weighted by Crippen LogP contribution is 2.28.